The quantitative estimate of drug-likeness (QED) is 0.805. The molecule has 2 saturated heterocycles. The molecule has 0 aromatic carbocycles. The van der Waals surface area contributed by atoms with Gasteiger partial charge in [0.05, 0.1) is 26.2 Å². The fourth-order valence-electron chi connectivity index (χ4n) is 2.70. The van der Waals surface area contributed by atoms with Crippen LogP contribution >= 0.6 is 0 Å². The zero-order valence-corrected chi connectivity index (χ0v) is 12.0. The minimum Gasteiger partial charge on any atom is -0.477 e. The molecule has 0 spiro atoms. The third kappa shape index (κ3) is 3.07. The topological polar surface area (TPSA) is 73.8 Å². The standard InChI is InChI=1S/C14H19N3O4/c1-19-12-13(16-5-4-15-12)21-11-2-6-17(8-11)14(18)10-3-7-20-9-10/h4-5,10-11H,2-3,6-9H2,1H3/t10-,11-/m0/s1. The van der Waals surface area contributed by atoms with E-state index < -0.39 is 0 Å². The smallest absolute Gasteiger partial charge is 0.278 e. The number of rotatable bonds is 4. The highest BCUT2D eigenvalue weighted by Crippen LogP contribution is 2.25. The lowest BCUT2D eigenvalue weighted by Gasteiger charge is -2.20. The van der Waals surface area contributed by atoms with Gasteiger partial charge in [0.2, 0.25) is 5.91 Å². The van der Waals surface area contributed by atoms with Gasteiger partial charge in [-0.25, -0.2) is 9.97 Å². The normalized spacial score (nSPS) is 25.1. The van der Waals surface area contributed by atoms with E-state index in [0.717, 1.165) is 12.8 Å². The fourth-order valence-corrected chi connectivity index (χ4v) is 2.70. The Morgan fingerprint density at radius 3 is 2.86 bits per heavy atom. The van der Waals surface area contributed by atoms with Crippen molar-refractivity contribution in [1.82, 2.24) is 14.9 Å². The third-order valence-electron chi connectivity index (χ3n) is 3.84. The molecule has 1 aromatic rings. The molecular formula is C14H19N3O4. The number of nitrogens with zero attached hydrogens (tertiary/aromatic N) is 3. The van der Waals surface area contributed by atoms with Gasteiger partial charge < -0.3 is 19.1 Å². The lowest BCUT2D eigenvalue weighted by atomic mass is 10.1. The van der Waals surface area contributed by atoms with Crippen LogP contribution in [-0.4, -0.2) is 60.3 Å². The molecule has 2 aliphatic heterocycles. The Hall–Kier alpha value is -1.89. The molecule has 114 valence electrons. The first-order valence-corrected chi connectivity index (χ1v) is 7.16. The number of hydrogen-bond acceptors (Lipinski definition) is 6. The second-order valence-electron chi connectivity index (χ2n) is 5.24. The summed E-state index contributed by atoms with van der Waals surface area (Å²) in [4.78, 5) is 22.3. The zero-order chi connectivity index (χ0) is 14.7. The van der Waals surface area contributed by atoms with Gasteiger partial charge in [-0.15, -0.1) is 0 Å². The van der Waals surface area contributed by atoms with Gasteiger partial charge in [-0.05, 0) is 6.42 Å². The summed E-state index contributed by atoms with van der Waals surface area (Å²) in [5.74, 6) is 0.925. The summed E-state index contributed by atoms with van der Waals surface area (Å²) in [5, 5.41) is 0. The minimum absolute atomic E-state index is 0.00908. The Balaban J connectivity index is 1.58. The lowest BCUT2D eigenvalue weighted by molar-refractivity contribution is -0.134. The van der Waals surface area contributed by atoms with Crippen molar-refractivity contribution in [2.24, 2.45) is 5.92 Å². The van der Waals surface area contributed by atoms with Crippen LogP contribution in [-0.2, 0) is 9.53 Å². The van der Waals surface area contributed by atoms with Crippen molar-refractivity contribution in [1.29, 1.82) is 0 Å². The number of carbonyl (C=O) groups is 1. The Morgan fingerprint density at radius 1 is 1.33 bits per heavy atom. The number of hydrogen-bond donors (Lipinski definition) is 0. The largest absolute Gasteiger partial charge is 0.477 e. The van der Waals surface area contributed by atoms with Gasteiger partial charge in [0.1, 0.15) is 6.10 Å². The van der Waals surface area contributed by atoms with Gasteiger partial charge in [-0.2, -0.15) is 0 Å². The van der Waals surface area contributed by atoms with E-state index in [1.807, 2.05) is 4.90 Å². The third-order valence-corrected chi connectivity index (χ3v) is 3.84. The van der Waals surface area contributed by atoms with Crippen LogP contribution in [0.1, 0.15) is 12.8 Å². The van der Waals surface area contributed by atoms with Crippen molar-refractivity contribution in [2.75, 3.05) is 33.4 Å². The summed E-state index contributed by atoms with van der Waals surface area (Å²) in [6, 6.07) is 0. The molecule has 3 rings (SSSR count). The molecule has 0 radical (unpaired) electrons. The predicted molar refractivity (Wildman–Crippen MR) is 73.1 cm³/mol. The Bertz CT molecular complexity index is 505. The van der Waals surface area contributed by atoms with Crippen molar-refractivity contribution < 1.29 is 19.0 Å². The Morgan fingerprint density at radius 2 is 2.14 bits per heavy atom. The van der Waals surface area contributed by atoms with E-state index in [-0.39, 0.29) is 17.9 Å². The minimum atomic E-state index is -0.0677. The molecule has 7 heteroatoms. The van der Waals surface area contributed by atoms with Crippen molar-refractivity contribution in [3.63, 3.8) is 0 Å². The molecule has 0 saturated carbocycles. The summed E-state index contributed by atoms with van der Waals surface area (Å²) in [6.45, 7) is 2.51. The molecule has 3 heterocycles. The molecule has 21 heavy (non-hydrogen) atoms. The fraction of sp³-hybridized carbons (Fsp3) is 0.643. The first-order chi connectivity index (χ1) is 10.3. The number of aromatic nitrogens is 2. The van der Waals surface area contributed by atoms with E-state index in [0.29, 0.717) is 38.1 Å². The highest BCUT2D eigenvalue weighted by atomic mass is 16.5. The van der Waals surface area contributed by atoms with E-state index in [9.17, 15) is 4.79 Å². The zero-order valence-electron chi connectivity index (χ0n) is 12.0. The van der Waals surface area contributed by atoms with Crippen molar-refractivity contribution in [2.45, 2.75) is 18.9 Å². The highest BCUT2D eigenvalue weighted by Gasteiger charge is 2.34. The van der Waals surface area contributed by atoms with Crippen molar-refractivity contribution in [3.05, 3.63) is 12.4 Å². The van der Waals surface area contributed by atoms with Crippen molar-refractivity contribution in [3.8, 4) is 11.8 Å². The van der Waals surface area contributed by atoms with Crippen molar-refractivity contribution >= 4 is 5.91 Å². The number of ether oxygens (including phenoxy) is 3. The molecular weight excluding hydrogens is 274 g/mol. The summed E-state index contributed by atoms with van der Waals surface area (Å²) in [7, 11) is 1.53. The second-order valence-corrected chi connectivity index (χ2v) is 5.24. The van der Waals surface area contributed by atoms with Crippen LogP contribution in [0.25, 0.3) is 0 Å². The molecule has 1 amide bonds. The average Bonchev–Trinajstić information content (AvgIpc) is 3.19. The molecule has 2 fully saturated rings. The molecule has 7 nitrogen and oxygen atoms in total. The summed E-state index contributed by atoms with van der Waals surface area (Å²) in [5.41, 5.74) is 0. The number of amides is 1. The summed E-state index contributed by atoms with van der Waals surface area (Å²) >= 11 is 0. The molecule has 0 unspecified atom stereocenters. The Kier molecular flexibility index (Phi) is 4.19. The molecule has 2 aliphatic rings. The first-order valence-electron chi connectivity index (χ1n) is 7.16. The highest BCUT2D eigenvalue weighted by molar-refractivity contribution is 5.79. The number of carbonyl (C=O) groups excluding carboxylic acids is 1. The SMILES string of the molecule is COc1nccnc1O[C@H]1CCN(C(=O)[C@H]2CCOC2)C1. The van der Waals surface area contributed by atoms with Gasteiger partial charge in [-0.1, -0.05) is 0 Å². The average molecular weight is 293 g/mol. The predicted octanol–water partition coefficient (Wildman–Crippen LogP) is 0.501. The molecule has 1 aromatic heterocycles. The molecule has 0 bridgehead atoms. The van der Waals surface area contributed by atoms with Gasteiger partial charge in [0.25, 0.3) is 11.8 Å². The van der Waals surface area contributed by atoms with E-state index in [2.05, 4.69) is 9.97 Å². The number of likely N-dealkylation sites (tertiary alicyclic amines) is 1. The molecule has 0 N–H and O–H groups in total. The second kappa shape index (κ2) is 6.26. The van der Waals surface area contributed by atoms with Crippen LogP contribution in [0.5, 0.6) is 11.8 Å². The van der Waals surface area contributed by atoms with Crippen LogP contribution in [0.3, 0.4) is 0 Å². The van der Waals surface area contributed by atoms with Gasteiger partial charge in [0, 0.05) is 32.0 Å². The maximum absolute atomic E-state index is 12.3. The van der Waals surface area contributed by atoms with E-state index >= 15 is 0 Å². The van der Waals surface area contributed by atoms with Gasteiger partial charge >= 0.3 is 0 Å². The maximum atomic E-state index is 12.3. The van der Waals surface area contributed by atoms with Crippen LogP contribution in [0.4, 0.5) is 0 Å². The van der Waals surface area contributed by atoms with E-state index in [1.54, 1.807) is 12.4 Å². The number of methoxy groups -OCH3 is 1. The van der Waals surface area contributed by atoms with Crippen LogP contribution in [0.2, 0.25) is 0 Å². The molecule has 2 atom stereocenters. The van der Waals surface area contributed by atoms with Crippen LogP contribution < -0.4 is 9.47 Å². The van der Waals surface area contributed by atoms with Crippen LogP contribution in [0.15, 0.2) is 12.4 Å². The summed E-state index contributed by atoms with van der Waals surface area (Å²) in [6.07, 6.45) is 4.65. The maximum Gasteiger partial charge on any atom is 0.278 e. The van der Waals surface area contributed by atoms with Gasteiger partial charge in [0.15, 0.2) is 0 Å². The Labute approximate surface area is 123 Å². The van der Waals surface area contributed by atoms with Gasteiger partial charge in [-0.3, -0.25) is 4.79 Å². The lowest BCUT2D eigenvalue weighted by Crippen LogP contribution is -2.36. The van der Waals surface area contributed by atoms with Crippen LogP contribution in [0, 0.1) is 5.92 Å². The summed E-state index contributed by atoms with van der Waals surface area (Å²) < 4.78 is 16.2. The molecule has 0 aliphatic carbocycles. The first kappa shape index (κ1) is 14.1. The monoisotopic (exact) mass is 293 g/mol. The van der Waals surface area contributed by atoms with E-state index in [1.165, 1.54) is 7.11 Å². The van der Waals surface area contributed by atoms with E-state index in [4.69, 9.17) is 14.2 Å².